The van der Waals surface area contributed by atoms with Crippen LogP contribution in [0.3, 0.4) is 0 Å². The third kappa shape index (κ3) is 4.41. The van der Waals surface area contributed by atoms with Crippen LogP contribution in [0.4, 0.5) is 0 Å². The van der Waals surface area contributed by atoms with Gasteiger partial charge in [-0.05, 0) is 41.4 Å². The van der Waals surface area contributed by atoms with Gasteiger partial charge in [0.2, 0.25) is 5.91 Å². The van der Waals surface area contributed by atoms with E-state index in [2.05, 4.69) is 15.9 Å². The fourth-order valence-corrected chi connectivity index (χ4v) is 3.04. The van der Waals surface area contributed by atoms with Gasteiger partial charge in [0, 0.05) is 32.2 Å². The van der Waals surface area contributed by atoms with Crippen LogP contribution in [0, 0.1) is 0 Å². The second-order valence-electron chi connectivity index (χ2n) is 3.97. The lowest BCUT2D eigenvalue weighted by Crippen LogP contribution is -2.31. The summed E-state index contributed by atoms with van der Waals surface area (Å²) >= 11 is 5.03. The number of ether oxygens (including phenoxy) is 1. The van der Waals surface area contributed by atoms with Crippen LogP contribution in [0.25, 0.3) is 0 Å². The summed E-state index contributed by atoms with van der Waals surface area (Å²) in [6.45, 7) is 3.38. The predicted molar refractivity (Wildman–Crippen MR) is 74.6 cm³/mol. The molecule has 0 aliphatic heterocycles. The summed E-state index contributed by atoms with van der Waals surface area (Å²) in [5, 5.41) is 0. The quantitative estimate of drug-likeness (QED) is 0.754. The van der Waals surface area contributed by atoms with Gasteiger partial charge in [0.05, 0.1) is 9.70 Å². The highest BCUT2D eigenvalue weighted by Gasteiger charge is 2.20. The van der Waals surface area contributed by atoms with Crippen LogP contribution in [-0.2, 0) is 9.53 Å². The molecular weight excluding hydrogens is 302 g/mol. The van der Waals surface area contributed by atoms with Crippen LogP contribution in [0.1, 0.15) is 24.1 Å². The van der Waals surface area contributed by atoms with Gasteiger partial charge in [0.15, 0.2) is 0 Å². The van der Waals surface area contributed by atoms with Crippen molar-refractivity contribution in [2.75, 3.05) is 27.3 Å². The number of nitrogens with zero attached hydrogens (tertiary/aromatic N) is 1. The Morgan fingerprint density at radius 1 is 1.59 bits per heavy atom. The zero-order chi connectivity index (χ0) is 12.8. The predicted octanol–water partition coefficient (Wildman–Crippen LogP) is 3.11. The van der Waals surface area contributed by atoms with E-state index in [4.69, 9.17) is 4.74 Å². The van der Waals surface area contributed by atoms with Crippen molar-refractivity contribution in [3.63, 3.8) is 0 Å². The number of carbonyl (C=O) groups is 1. The summed E-state index contributed by atoms with van der Waals surface area (Å²) in [6, 6.07) is 3.98. The molecule has 0 N–H and O–H groups in total. The van der Waals surface area contributed by atoms with Crippen molar-refractivity contribution in [1.82, 2.24) is 4.90 Å². The van der Waals surface area contributed by atoms with Crippen LogP contribution in [0.5, 0.6) is 0 Å². The maximum absolute atomic E-state index is 12.1. The molecule has 3 nitrogen and oxygen atoms in total. The van der Waals surface area contributed by atoms with Crippen LogP contribution >= 0.6 is 27.3 Å². The second kappa shape index (κ2) is 7.13. The number of hydrogen-bond donors (Lipinski definition) is 0. The number of methoxy groups -OCH3 is 1. The first-order chi connectivity index (χ1) is 8.06. The monoisotopic (exact) mass is 319 g/mol. The summed E-state index contributed by atoms with van der Waals surface area (Å²) in [5.41, 5.74) is 0. The molecule has 5 heteroatoms. The molecule has 1 aromatic heterocycles. The summed E-state index contributed by atoms with van der Waals surface area (Å²) in [4.78, 5) is 15.0. The number of amides is 1. The van der Waals surface area contributed by atoms with E-state index in [0.29, 0.717) is 6.61 Å². The molecule has 1 atom stereocenters. The van der Waals surface area contributed by atoms with Gasteiger partial charge in [0.25, 0.3) is 0 Å². The highest BCUT2D eigenvalue weighted by molar-refractivity contribution is 9.11. The Kier molecular flexibility index (Phi) is 6.16. The second-order valence-corrected chi connectivity index (χ2v) is 6.46. The largest absolute Gasteiger partial charge is 0.385 e. The zero-order valence-corrected chi connectivity index (χ0v) is 12.8. The number of hydrogen-bond acceptors (Lipinski definition) is 3. The topological polar surface area (TPSA) is 29.5 Å². The third-order valence-electron chi connectivity index (χ3n) is 2.61. The number of carbonyl (C=O) groups excluding carboxylic acids is 1. The lowest BCUT2D eigenvalue weighted by atomic mass is 10.1. The molecule has 0 aliphatic carbocycles. The van der Waals surface area contributed by atoms with Crippen molar-refractivity contribution in [2.24, 2.45) is 0 Å². The van der Waals surface area contributed by atoms with Crippen LogP contribution < -0.4 is 0 Å². The van der Waals surface area contributed by atoms with Gasteiger partial charge in [-0.2, -0.15) is 0 Å². The van der Waals surface area contributed by atoms with Crippen LogP contribution in [0.2, 0.25) is 0 Å². The summed E-state index contributed by atoms with van der Waals surface area (Å²) in [7, 11) is 3.52. The highest BCUT2D eigenvalue weighted by atomic mass is 79.9. The fraction of sp³-hybridized carbons (Fsp3) is 0.583. The van der Waals surface area contributed by atoms with Crippen molar-refractivity contribution >= 4 is 33.2 Å². The Morgan fingerprint density at radius 3 is 2.82 bits per heavy atom. The number of likely N-dealkylation sites (N-methyl/N-ethyl adjacent to an activating group) is 1. The average Bonchev–Trinajstić information content (AvgIpc) is 2.74. The van der Waals surface area contributed by atoms with Crippen molar-refractivity contribution in [2.45, 2.75) is 19.3 Å². The molecule has 96 valence electrons. The molecule has 0 saturated carbocycles. The summed E-state index contributed by atoms with van der Waals surface area (Å²) < 4.78 is 6.04. The van der Waals surface area contributed by atoms with Crippen molar-refractivity contribution in [3.05, 3.63) is 20.8 Å². The van der Waals surface area contributed by atoms with Gasteiger partial charge in [0.1, 0.15) is 0 Å². The molecule has 1 aromatic rings. The fourth-order valence-electron chi connectivity index (χ4n) is 1.57. The molecule has 0 aromatic carbocycles. The van der Waals surface area contributed by atoms with E-state index in [1.807, 2.05) is 26.1 Å². The maximum atomic E-state index is 12.1. The van der Waals surface area contributed by atoms with Gasteiger partial charge >= 0.3 is 0 Å². The van der Waals surface area contributed by atoms with E-state index in [9.17, 15) is 4.79 Å². The third-order valence-corrected chi connectivity index (χ3v) is 4.42. The Bertz CT molecular complexity index is 367. The summed E-state index contributed by atoms with van der Waals surface area (Å²) in [6.07, 6.45) is 0.875. The van der Waals surface area contributed by atoms with Crippen molar-refractivity contribution < 1.29 is 9.53 Å². The van der Waals surface area contributed by atoms with E-state index < -0.39 is 0 Å². The minimum absolute atomic E-state index is 0.0705. The first-order valence-electron chi connectivity index (χ1n) is 5.55. The van der Waals surface area contributed by atoms with Gasteiger partial charge in [-0.25, -0.2) is 0 Å². The first-order valence-corrected chi connectivity index (χ1v) is 7.16. The molecule has 0 aliphatic rings. The molecule has 1 heterocycles. The molecule has 1 amide bonds. The van der Waals surface area contributed by atoms with Crippen LogP contribution in [-0.4, -0.2) is 38.1 Å². The number of rotatable bonds is 6. The molecule has 0 fully saturated rings. The Morgan fingerprint density at radius 2 is 2.29 bits per heavy atom. The van der Waals surface area contributed by atoms with Crippen molar-refractivity contribution in [1.29, 1.82) is 0 Å². The molecule has 0 unspecified atom stereocenters. The van der Waals surface area contributed by atoms with Crippen molar-refractivity contribution in [3.8, 4) is 0 Å². The smallest absolute Gasteiger partial charge is 0.230 e. The molecule has 17 heavy (non-hydrogen) atoms. The molecule has 0 bridgehead atoms. The van der Waals surface area contributed by atoms with E-state index in [1.54, 1.807) is 23.3 Å². The van der Waals surface area contributed by atoms with E-state index >= 15 is 0 Å². The highest BCUT2D eigenvalue weighted by Crippen LogP contribution is 2.29. The number of halogens is 1. The molecule has 0 saturated heterocycles. The van der Waals surface area contributed by atoms with E-state index in [0.717, 1.165) is 21.6 Å². The first kappa shape index (κ1) is 14.7. The SMILES string of the molecule is COCCCN(C)C(=O)[C@H](C)c1ccc(Br)s1. The Labute approximate surface area is 115 Å². The van der Waals surface area contributed by atoms with E-state index in [1.165, 1.54) is 0 Å². The molecule has 0 spiro atoms. The van der Waals surface area contributed by atoms with Gasteiger partial charge in [-0.1, -0.05) is 0 Å². The standard InChI is InChI=1S/C12H18BrNO2S/c1-9(10-5-6-11(13)17-10)12(15)14(2)7-4-8-16-3/h5-6,9H,4,7-8H2,1-3H3/t9-/m1/s1. The van der Waals surface area contributed by atoms with E-state index in [-0.39, 0.29) is 11.8 Å². The van der Waals surface area contributed by atoms with Gasteiger partial charge in [-0.3, -0.25) is 4.79 Å². The minimum Gasteiger partial charge on any atom is -0.385 e. The zero-order valence-electron chi connectivity index (χ0n) is 10.4. The molecular formula is C12H18BrNO2S. The van der Waals surface area contributed by atoms with Crippen LogP contribution in [0.15, 0.2) is 15.9 Å². The summed E-state index contributed by atoms with van der Waals surface area (Å²) in [5.74, 6) is 0.0919. The minimum atomic E-state index is -0.0705. The molecule has 1 rings (SSSR count). The maximum Gasteiger partial charge on any atom is 0.230 e. The Balaban J connectivity index is 2.51. The normalized spacial score (nSPS) is 12.5. The lowest BCUT2D eigenvalue weighted by Gasteiger charge is -2.20. The van der Waals surface area contributed by atoms with Gasteiger partial charge in [-0.15, -0.1) is 11.3 Å². The van der Waals surface area contributed by atoms with Gasteiger partial charge < -0.3 is 9.64 Å². The molecule has 0 radical (unpaired) electrons. The Hall–Kier alpha value is -0.390. The lowest BCUT2D eigenvalue weighted by molar-refractivity contribution is -0.131. The number of thiophene rings is 1. The average molecular weight is 320 g/mol.